The molecule has 8 nitrogen and oxygen atoms in total. The van der Waals surface area contributed by atoms with Crippen molar-refractivity contribution in [1.82, 2.24) is 10.2 Å². The topological polar surface area (TPSA) is 109 Å². The van der Waals surface area contributed by atoms with Gasteiger partial charge in [-0.2, -0.15) is 5.26 Å². The van der Waals surface area contributed by atoms with Gasteiger partial charge in [0, 0.05) is 18.5 Å². The van der Waals surface area contributed by atoms with E-state index in [1.54, 1.807) is 6.92 Å². The van der Waals surface area contributed by atoms with Crippen molar-refractivity contribution in [1.29, 1.82) is 5.26 Å². The number of halogens is 2. The molecule has 35 heavy (non-hydrogen) atoms. The second-order valence-corrected chi connectivity index (χ2v) is 10.1. The Morgan fingerprint density at radius 2 is 1.97 bits per heavy atom. The lowest BCUT2D eigenvalue weighted by Gasteiger charge is -2.34. The van der Waals surface area contributed by atoms with Gasteiger partial charge in [0.05, 0.1) is 46.2 Å². The number of likely N-dealkylation sites (tertiary alicyclic amines) is 1. The molecule has 1 aromatic rings. The first-order chi connectivity index (χ1) is 16.7. The number of rotatable bonds is 7. The number of esters is 1. The van der Waals surface area contributed by atoms with E-state index >= 15 is 0 Å². The van der Waals surface area contributed by atoms with Crippen LogP contribution in [0, 0.1) is 17.2 Å². The number of piperidine rings is 1. The second-order valence-electron chi connectivity index (χ2n) is 8.29. The van der Waals surface area contributed by atoms with Crippen molar-refractivity contribution in [2.45, 2.75) is 45.1 Å². The average Bonchev–Trinajstić information content (AvgIpc) is 2.83. The molecule has 2 aliphatic heterocycles. The molecule has 2 aliphatic rings. The SMILES string of the molecule is CCOc1c(Cl)cc([C@@H]2C(C#N)=C(SCC(=O)N3CCCC[C@@H]3C)NC(=O)[C@@H]2C(=O)OC)cc1Cl. The second kappa shape index (κ2) is 12.0. The Kier molecular flexibility index (Phi) is 9.34. The molecule has 0 spiro atoms. The monoisotopic (exact) mass is 539 g/mol. The maximum atomic E-state index is 13.0. The van der Waals surface area contributed by atoms with Gasteiger partial charge in [0.2, 0.25) is 11.8 Å². The number of nitriles is 1. The Labute approximate surface area is 218 Å². The molecule has 3 rings (SSSR count). The fourth-order valence-electron chi connectivity index (χ4n) is 4.41. The Balaban J connectivity index is 2.00. The van der Waals surface area contributed by atoms with Crippen LogP contribution >= 0.6 is 35.0 Å². The maximum absolute atomic E-state index is 13.0. The first kappa shape index (κ1) is 27.2. The Hall–Kier alpha value is -2.41. The molecule has 188 valence electrons. The highest BCUT2D eigenvalue weighted by molar-refractivity contribution is 8.03. The molecule has 0 unspecified atom stereocenters. The Morgan fingerprint density at radius 3 is 2.54 bits per heavy atom. The highest BCUT2D eigenvalue weighted by atomic mass is 35.5. The van der Waals surface area contributed by atoms with Crippen molar-refractivity contribution in [3.8, 4) is 11.8 Å². The number of nitrogens with zero attached hydrogens (tertiary/aromatic N) is 2. The fraction of sp³-hybridized carbons (Fsp3) is 0.500. The third-order valence-electron chi connectivity index (χ3n) is 6.12. The number of hydrogen-bond acceptors (Lipinski definition) is 7. The van der Waals surface area contributed by atoms with Gasteiger partial charge in [0.1, 0.15) is 5.92 Å². The molecule has 11 heteroatoms. The van der Waals surface area contributed by atoms with Crippen LogP contribution in [0.3, 0.4) is 0 Å². The van der Waals surface area contributed by atoms with Crippen LogP contribution in [0.15, 0.2) is 22.7 Å². The summed E-state index contributed by atoms with van der Waals surface area (Å²) in [4.78, 5) is 40.3. The highest BCUT2D eigenvalue weighted by Gasteiger charge is 2.45. The van der Waals surface area contributed by atoms with E-state index in [1.165, 1.54) is 19.2 Å². The minimum atomic E-state index is -1.33. The summed E-state index contributed by atoms with van der Waals surface area (Å²) in [7, 11) is 1.17. The summed E-state index contributed by atoms with van der Waals surface area (Å²) in [6, 6.07) is 5.31. The Morgan fingerprint density at radius 1 is 1.29 bits per heavy atom. The number of hydrogen-bond donors (Lipinski definition) is 1. The molecule has 0 aromatic heterocycles. The zero-order chi connectivity index (χ0) is 25.7. The standard InChI is InChI=1S/C24H27Cl2N3O5S/c1-4-34-21-16(25)9-14(10-17(21)26)19-15(11-27)23(28-22(31)20(19)24(32)33-3)35-12-18(30)29-8-6-5-7-13(29)2/h9-10,13,19-20H,4-8,12H2,1-3H3,(H,28,31)/t13-,19+,20+/m0/s1. The van der Waals surface area contributed by atoms with E-state index in [1.807, 2.05) is 11.8 Å². The van der Waals surface area contributed by atoms with Crippen molar-refractivity contribution >= 4 is 52.7 Å². The molecule has 0 saturated carbocycles. The number of allylic oxidation sites excluding steroid dienone is 1. The van der Waals surface area contributed by atoms with Crippen LogP contribution in [0.25, 0.3) is 0 Å². The third kappa shape index (κ3) is 5.88. The van der Waals surface area contributed by atoms with Crippen LogP contribution in [0.4, 0.5) is 0 Å². The van der Waals surface area contributed by atoms with Crippen LogP contribution < -0.4 is 10.1 Å². The van der Waals surface area contributed by atoms with Crippen LogP contribution in [0.1, 0.15) is 44.6 Å². The summed E-state index contributed by atoms with van der Waals surface area (Å²) in [5.74, 6) is -3.52. The van der Waals surface area contributed by atoms with Gasteiger partial charge in [-0.15, -0.1) is 0 Å². The van der Waals surface area contributed by atoms with Gasteiger partial charge >= 0.3 is 5.97 Å². The average molecular weight is 540 g/mol. The quantitative estimate of drug-likeness (QED) is 0.407. The van der Waals surface area contributed by atoms with Crippen LogP contribution in [0.2, 0.25) is 10.0 Å². The molecule has 1 fully saturated rings. The number of nitrogens with one attached hydrogen (secondary N) is 1. The highest BCUT2D eigenvalue weighted by Crippen LogP contribution is 2.44. The van der Waals surface area contributed by atoms with Crippen LogP contribution in [-0.4, -0.2) is 54.7 Å². The summed E-state index contributed by atoms with van der Waals surface area (Å²) in [5, 5.41) is 13.3. The van der Waals surface area contributed by atoms with Gasteiger partial charge < -0.3 is 19.7 Å². The van der Waals surface area contributed by atoms with E-state index in [9.17, 15) is 19.6 Å². The molecule has 2 heterocycles. The van der Waals surface area contributed by atoms with E-state index in [-0.39, 0.29) is 44.1 Å². The maximum Gasteiger partial charge on any atom is 0.319 e. The molecule has 0 bridgehead atoms. The van der Waals surface area contributed by atoms with Crippen molar-refractivity contribution in [2.24, 2.45) is 5.92 Å². The van der Waals surface area contributed by atoms with Gasteiger partial charge in [-0.3, -0.25) is 14.4 Å². The zero-order valence-electron chi connectivity index (χ0n) is 19.7. The number of benzene rings is 1. The summed E-state index contributed by atoms with van der Waals surface area (Å²) in [5.41, 5.74) is 0.514. The van der Waals surface area contributed by atoms with Crippen molar-refractivity contribution in [2.75, 3.05) is 26.0 Å². The van der Waals surface area contributed by atoms with Crippen molar-refractivity contribution in [3.05, 3.63) is 38.3 Å². The van der Waals surface area contributed by atoms with Crippen molar-refractivity contribution in [3.63, 3.8) is 0 Å². The van der Waals surface area contributed by atoms with Gasteiger partial charge in [-0.05, 0) is 50.8 Å². The van der Waals surface area contributed by atoms with Gasteiger partial charge in [-0.25, -0.2) is 0 Å². The van der Waals surface area contributed by atoms with Gasteiger partial charge in [0.15, 0.2) is 5.75 Å². The number of ether oxygens (including phenoxy) is 2. The molecule has 1 N–H and O–H groups in total. The molecule has 1 aromatic carbocycles. The minimum Gasteiger partial charge on any atom is -0.491 e. The summed E-state index contributed by atoms with van der Waals surface area (Å²) < 4.78 is 10.3. The fourth-order valence-corrected chi connectivity index (χ4v) is 5.95. The van der Waals surface area contributed by atoms with Gasteiger partial charge in [0.25, 0.3) is 0 Å². The molecular formula is C24H27Cl2N3O5S. The summed E-state index contributed by atoms with van der Waals surface area (Å²) >= 11 is 13.8. The summed E-state index contributed by atoms with van der Waals surface area (Å²) in [6.45, 7) is 4.82. The predicted molar refractivity (Wildman–Crippen MR) is 134 cm³/mol. The first-order valence-corrected chi connectivity index (χ1v) is 13.0. The molecule has 2 amide bonds. The van der Waals surface area contributed by atoms with Crippen molar-refractivity contribution < 1.29 is 23.9 Å². The van der Waals surface area contributed by atoms with Crippen LogP contribution in [-0.2, 0) is 19.1 Å². The number of amides is 2. The smallest absolute Gasteiger partial charge is 0.319 e. The molecule has 3 atom stereocenters. The lowest BCUT2D eigenvalue weighted by atomic mass is 9.78. The molecule has 1 saturated heterocycles. The number of thioether (sulfide) groups is 1. The molecule has 0 radical (unpaired) electrons. The van der Waals surface area contributed by atoms with E-state index in [2.05, 4.69) is 11.4 Å². The Bertz CT molecular complexity index is 1060. The van der Waals surface area contributed by atoms with Crippen LogP contribution in [0.5, 0.6) is 5.75 Å². The van der Waals surface area contributed by atoms with E-state index in [0.717, 1.165) is 31.0 Å². The summed E-state index contributed by atoms with van der Waals surface area (Å²) in [6.07, 6.45) is 2.98. The number of methoxy groups -OCH3 is 1. The lowest BCUT2D eigenvalue weighted by Crippen LogP contribution is -2.45. The van der Waals surface area contributed by atoms with E-state index < -0.39 is 23.7 Å². The van der Waals surface area contributed by atoms with E-state index in [4.69, 9.17) is 32.7 Å². The first-order valence-electron chi connectivity index (χ1n) is 11.3. The third-order valence-corrected chi connectivity index (χ3v) is 7.68. The largest absolute Gasteiger partial charge is 0.491 e. The molecule has 0 aliphatic carbocycles. The zero-order valence-corrected chi connectivity index (χ0v) is 22.1. The number of carbonyl (C=O) groups is 3. The number of carbonyl (C=O) groups excluding carboxylic acids is 3. The minimum absolute atomic E-state index is 0.0472. The normalized spacial score (nSPS) is 22.3. The predicted octanol–water partition coefficient (Wildman–Crippen LogP) is 4.26. The van der Waals surface area contributed by atoms with Gasteiger partial charge in [-0.1, -0.05) is 35.0 Å². The molecular weight excluding hydrogens is 513 g/mol. The lowest BCUT2D eigenvalue weighted by molar-refractivity contribution is -0.150. The van der Waals surface area contributed by atoms with E-state index in [0.29, 0.717) is 18.7 Å².